The Kier molecular flexibility index (Phi) is 0.828. The number of nitrogens with two attached hydrogens (primary N) is 1. The topological polar surface area (TPSA) is 60.9 Å². The van der Waals surface area contributed by atoms with Crippen molar-refractivity contribution < 1.29 is 0 Å². The molecule has 0 radical (unpaired) electrons. The fourth-order valence-corrected chi connectivity index (χ4v) is 0.610. The van der Waals surface area contributed by atoms with E-state index in [-0.39, 0.29) is 4.87 Å². The van der Waals surface area contributed by atoms with Crippen LogP contribution in [0.25, 0.3) is 0 Å². The van der Waals surface area contributed by atoms with Gasteiger partial charge in [0, 0.05) is 11.5 Å². The van der Waals surface area contributed by atoms with Gasteiger partial charge in [0.25, 0.3) is 0 Å². The molecule has 1 aromatic rings. The van der Waals surface area contributed by atoms with Crippen molar-refractivity contribution in [3.8, 4) is 0 Å². The van der Waals surface area contributed by atoms with Gasteiger partial charge in [0.15, 0.2) is 0 Å². The Balaban J connectivity index is 3.30. The molecule has 0 fully saturated rings. The van der Waals surface area contributed by atoms with E-state index in [0.717, 1.165) is 15.6 Å². The molecule has 2 N–H and O–H groups in total. The molecule has 1 aromatic heterocycles. The molecule has 0 aromatic carbocycles. The van der Waals surface area contributed by atoms with Gasteiger partial charge in [-0.05, 0) is 0 Å². The van der Waals surface area contributed by atoms with Gasteiger partial charge in [-0.2, -0.15) is 4.98 Å². The zero-order valence-corrected chi connectivity index (χ0v) is 4.18. The number of nitrogen functional groups attached to an aromatic ring is 1. The molecule has 0 aliphatic rings. The van der Waals surface area contributed by atoms with Crippen LogP contribution in [0.4, 0.5) is 0 Å². The Morgan fingerprint density at radius 3 is 2.86 bits per heavy atom. The molecule has 0 saturated heterocycles. The number of hydrogen-bond acceptors (Lipinski definition) is 4. The maximum atomic E-state index is 10.1. The Hall–Kier alpha value is -0.840. The van der Waals surface area contributed by atoms with Gasteiger partial charge in [-0.25, -0.2) is 4.07 Å². The predicted molar refractivity (Wildman–Crippen MR) is 26.5 cm³/mol. The Morgan fingerprint density at radius 2 is 2.71 bits per heavy atom. The zero-order valence-electron chi connectivity index (χ0n) is 3.37. The average molecular weight is 117 g/mol. The van der Waals surface area contributed by atoms with Gasteiger partial charge in [-0.1, -0.05) is 0 Å². The number of aromatic nitrogens is 2. The monoisotopic (exact) mass is 117 g/mol. The first-order valence-electron chi connectivity index (χ1n) is 1.59. The van der Waals surface area contributed by atoms with Crippen LogP contribution in [0.15, 0.2) is 11.1 Å². The summed E-state index contributed by atoms with van der Waals surface area (Å²) in [6, 6.07) is 0. The summed E-state index contributed by atoms with van der Waals surface area (Å²) in [6.45, 7) is 0. The van der Waals surface area contributed by atoms with Crippen molar-refractivity contribution in [2.24, 2.45) is 0 Å². The quantitative estimate of drug-likeness (QED) is 0.444. The van der Waals surface area contributed by atoms with Crippen LogP contribution in [0.1, 0.15) is 0 Å². The molecule has 0 spiro atoms. The van der Waals surface area contributed by atoms with Crippen LogP contribution in [0, 0.1) is 0 Å². The van der Waals surface area contributed by atoms with Gasteiger partial charge in [-0.15, -0.1) is 0 Å². The second kappa shape index (κ2) is 1.34. The first kappa shape index (κ1) is 4.32. The second-order valence-corrected chi connectivity index (χ2v) is 1.92. The number of rotatable bonds is 0. The van der Waals surface area contributed by atoms with Crippen molar-refractivity contribution >= 4 is 11.5 Å². The summed E-state index contributed by atoms with van der Waals surface area (Å²) in [4.78, 5) is 13.2. The van der Waals surface area contributed by atoms with E-state index < -0.39 is 0 Å². The Bertz CT molecular complexity index is 201. The molecular formula is C2H3N3OS. The summed E-state index contributed by atoms with van der Waals surface area (Å²) < 4.78 is 1.16. The summed E-state index contributed by atoms with van der Waals surface area (Å²) in [5.74, 6) is 5.05. The maximum Gasteiger partial charge on any atom is 0.345 e. The Morgan fingerprint density at radius 1 is 2.00 bits per heavy atom. The molecule has 5 heteroatoms. The maximum absolute atomic E-state index is 10.1. The van der Waals surface area contributed by atoms with E-state index in [1.165, 1.54) is 6.33 Å². The van der Waals surface area contributed by atoms with Gasteiger partial charge in [0.05, 0.1) is 0 Å². The third-order valence-corrected chi connectivity index (χ3v) is 1.03. The van der Waals surface area contributed by atoms with Crippen LogP contribution in [0.2, 0.25) is 0 Å². The fourth-order valence-electron chi connectivity index (χ4n) is 0.241. The molecule has 0 saturated carbocycles. The summed E-state index contributed by atoms with van der Waals surface area (Å²) in [7, 11) is 0. The largest absolute Gasteiger partial charge is 0.345 e. The minimum Gasteiger partial charge on any atom is -0.329 e. The standard InChI is InChI=1S/C2H3N3OS/c3-5-1-4-2(6)7-5/h1H,3H2. The molecule has 4 nitrogen and oxygen atoms in total. The lowest BCUT2D eigenvalue weighted by Crippen LogP contribution is -2.00. The van der Waals surface area contributed by atoms with Gasteiger partial charge in [-0.3, -0.25) is 4.79 Å². The smallest absolute Gasteiger partial charge is 0.329 e. The molecule has 0 unspecified atom stereocenters. The Labute approximate surface area is 43.3 Å². The molecule has 1 rings (SSSR count). The van der Waals surface area contributed by atoms with Gasteiger partial charge in [0.2, 0.25) is 0 Å². The molecule has 0 aliphatic carbocycles. The molecule has 0 aliphatic heterocycles. The molecule has 38 valence electrons. The number of hydrogen-bond donors (Lipinski definition) is 1. The minimum atomic E-state index is -0.262. The first-order valence-corrected chi connectivity index (χ1v) is 2.36. The molecular weight excluding hydrogens is 114 g/mol. The zero-order chi connectivity index (χ0) is 5.28. The van der Waals surface area contributed by atoms with Crippen LogP contribution >= 0.6 is 11.5 Å². The van der Waals surface area contributed by atoms with Gasteiger partial charge < -0.3 is 5.84 Å². The van der Waals surface area contributed by atoms with Crippen molar-refractivity contribution in [3.05, 3.63) is 16.0 Å². The highest BCUT2D eigenvalue weighted by atomic mass is 32.1. The summed E-state index contributed by atoms with van der Waals surface area (Å²) in [6.07, 6.45) is 1.27. The van der Waals surface area contributed by atoms with Crippen molar-refractivity contribution in [3.63, 3.8) is 0 Å². The van der Waals surface area contributed by atoms with Crippen LogP contribution in [-0.4, -0.2) is 9.05 Å². The summed E-state index contributed by atoms with van der Waals surface area (Å²) in [5.41, 5.74) is 0. The minimum absolute atomic E-state index is 0.262. The average Bonchev–Trinajstić information content (AvgIpc) is 1.87. The highest BCUT2D eigenvalue weighted by Crippen LogP contribution is 1.73. The fraction of sp³-hybridized carbons (Fsp3) is 0. The van der Waals surface area contributed by atoms with Crippen LogP contribution in [-0.2, 0) is 0 Å². The number of nitrogens with zero attached hydrogens (tertiary/aromatic N) is 2. The summed E-state index contributed by atoms with van der Waals surface area (Å²) >= 11 is 0.870. The van der Waals surface area contributed by atoms with E-state index in [2.05, 4.69) is 4.98 Å². The van der Waals surface area contributed by atoms with Gasteiger partial charge in [0.1, 0.15) is 6.33 Å². The lowest BCUT2D eigenvalue weighted by Gasteiger charge is -1.75. The van der Waals surface area contributed by atoms with Crippen molar-refractivity contribution in [1.29, 1.82) is 0 Å². The highest BCUT2D eigenvalue weighted by Gasteiger charge is 1.83. The van der Waals surface area contributed by atoms with Crippen LogP contribution in [0.3, 0.4) is 0 Å². The van der Waals surface area contributed by atoms with Gasteiger partial charge >= 0.3 is 4.87 Å². The van der Waals surface area contributed by atoms with Crippen LogP contribution < -0.4 is 10.7 Å². The second-order valence-electron chi connectivity index (χ2n) is 0.962. The first-order chi connectivity index (χ1) is 3.29. The lowest BCUT2D eigenvalue weighted by molar-refractivity contribution is 1.08. The van der Waals surface area contributed by atoms with E-state index in [1.54, 1.807) is 0 Å². The normalized spacial score (nSPS) is 9.14. The van der Waals surface area contributed by atoms with Crippen molar-refractivity contribution in [1.82, 2.24) is 9.05 Å². The molecule has 7 heavy (non-hydrogen) atoms. The third kappa shape index (κ3) is 0.774. The van der Waals surface area contributed by atoms with Crippen LogP contribution in [0.5, 0.6) is 0 Å². The van der Waals surface area contributed by atoms with E-state index >= 15 is 0 Å². The summed E-state index contributed by atoms with van der Waals surface area (Å²) in [5, 5.41) is 0. The molecule has 1 heterocycles. The van der Waals surface area contributed by atoms with E-state index in [0.29, 0.717) is 0 Å². The van der Waals surface area contributed by atoms with Crippen molar-refractivity contribution in [2.75, 3.05) is 5.84 Å². The van der Waals surface area contributed by atoms with Crippen molar-refractivity contribution in [2.45, 2.75) is 0 Å². The molecule has 0 amide bonds. The van der Waals surface area contributed by atoms with E-state index in [9.17, 15) is 4.79 Å². The van der Waals surface area contributed by atoms with E-state index in [1.807, 2.05) is 0 Å². The highest BCUT2D eigenvalue weighted by molar-refractivity contribution is 7.03. The third-order valence-electron chi connectivity index (χ3n) is 0.460. The lowest BCUT2D eigenvalue weighted by atomic mass is 11.3. The SMILES string of the molecule is Nn1cnc(=O)s1. The predicted octanol–water partition coefficient (Wildman–Crippen LogP) is -0.981. The molecule has 0 atom stereocenters. The van der Waals surface area contributed by atoms with E-state index in [4.69, 9.17) is 5.84 Å². The molecule has 0 bridgehead atoms.